The second-order valence-electron chi connectivity index (χ2n) is 6.49. The first-order valence-electron chi connectivity index (χ1n) is 8.59. The van der Waals surface area contributed by atoms with Crippen LogP contribution in [0.15, 0.2) is 0 Å². The zero-order chi connectivity index (χ0) is 14.7. The second kappa shape index (κ2) is 7.21. The van der Waals surface area contributed by atoms with Crippen LogP contribution in [0.2, 0.25) is 0 Å². The first-order valence-corrected chi connectivity index (χ1v) is 9.40. The predicted molar refractivity (Wildman–Crippen MR) is 87.7 cm³/mol. The Morgan fingerprint density at radius 3 is 2.67 bits per heavy atom. The van der Waals surface area contributed by atoms with Crippen LogP contribution >= 0.6 is 11.3 Å². The molecule has 3 rings (SSSR count). The molecule has 2 aliphatic rings. The highest BCUT2D eigenvalue weighted by molar-refractivity contribution is 7.11. The number of rotatable bonds is 7. The number of nitrogens with zero attached hydrogens (tertiary/aromatic N) is 1. The van der Waals surface area contributed by atoms with Crippen molar-refractivity contribution in [1.29, 1.82) is 0 Å². The Kier molecular flexibility index (Phi) is 5.30. The van der Waals surface area contributed by atoms with Crippen LogP contribution in [0, 0.1) is 12.8 Å². The molecule has 2 fully saturated rings. The zero-order valence-electron chi connectivity index (χ0n) is 13.4. The fourth-order valence-electron chi connectivity index (χ4n) is 3.29. The lowest BCUT2D eigenvalue weighted by atomic mass is 9.85. The van der Waals surface area contributed by atoms with Crippen molar-refractivity contribution >= 4 is 11.3 Å². The van der Waals surface area contributed by atoms with Gasteiger partial charge in [0.2, 0.25) is 0 Å². The van der Waals surface area contributed by atoms with E-state index in [2.05, 4.69) is 19.2 Å². The molecule has 1 unspecified atom stereocenters. The Morgan fingerprint density at radius 2 is 2.00 bits per heavy atom. The van der Waals surface area contributed by atoms with Crippen LogP contribution in [-0.4, -0.2) is 17.6 Å². The summed E-state index contributed by atoms with van der Waals surface area (Å²) >= 11 is 1.87. The minimum atomic E-state index is 0.230. The molecule has 1 aromatic heterocycles. The molecule has 0 radical (unpaired) electrons. The highest BCUT2D eigenvalue weighted by Gasteiger charge is 2.29. The average molecular weight is 308 g/mol. The van der Waals surface area contributed by atoms with E-state index in [1.54, 1.807) is 0 Å². The van der Waals surface area contributed by atoms with E-state index in [0.717, 1.165) is 19.2 Å². The molecule has 0 saturated heterocycles. The SMILES string of the molecule is CCOC(c1nc(C)c(CNC2CC2)s1)C1CCCCC1. The summed E-state index contributed by atoms with van der Waals surface area (Å²) in [6.07, 6.45) is 9.63. The standard InChI is InChI=1S/C17H28N2OS/c1-3-20-16(13-7-5-4-6-8-13)17-19-12(2)15(21-17)11-18-14-9-10-14/h13-14,16,18H,3-11H2,1-2H3. The Balaban J connectivity index is 1.69. The molecule has 1 atom stereocenters. The van der Waals surface area contributed by atoms with Gasteiger partial charge in [0, 0.05) is 24.1 Å². The molecular formula is C17H28N2OS. The van der Waals surface area contributed by atoms with E-state index in [9.17, 15) is 0 Å². The number of hydrogen-bond donors (Lipinski definition) is 1. The summed E-state index contributed by atoms with van der Waals surface area (Å²) in [5.74, 6) is 0.675. The summed E-state index contributed by atoms with van der Waals surface area (Å²) in [6, 6.07) is 0.760. The number of hydrogen-bond acceptors (Lipinski definition) is 4. The van der Waals surface area contributed by atoms with Crippen LogP contribution in [-0.2, 0) is 11.3 Å². The molecule has 1 heterocycles. The van der Waals surface area contributed by atoms with Gasteiger partial charge in [-0.2, -0.15) is 0 Å². The third kappa shape index (κ3) is 4.05. The molecular weight excluding hydrogens is 280 g/mol. The lowest BCUT2D eigenvalue weighted by molar-refractivity contribution is 0.00545. The molecule has 0 bridgehead atoms. The van der Waals surface area contributed by atoms with E-state index >= 15 is 0 Å². The fraction of sp³-hybridized carbons (Fsp3) is 0.824. The number of nitrogens with one attached hydrogen (secondary N) is 1. The van der Waals surface area contributed by atoms with E-state index < -0.39 is 0 Å². The van der Waals surface area contributed by atoms with Gasteiger partial charge < -0.3 is 10.1 Å². The maximum atomic E-state index is 6.10. The van der Waals surface area contributed by atoms with Gasteiger partial charge in [-0.3, -0.25) is 0 Å². The maximum Gasteiger partial charge on any atom is 0.122 e. The van der Waals surface area contributed by atoms with Gasteiger partial charge in [-0.15, -0.1) is 11.3 Å². The van der Waals surface area contributed by atoms with Crippen molar-refractivity contribution in [3.8, 4) is 0 Å². The number of aromatic nitrogens is 1. The van der Waals surface area contributed by atoms with Crippen molar-refractivity contribution in [2.45, 2.75) is 77.5 Å². The molecule has 1 N–H and O–H groups in total. The van der Waals surface area contributed by atoms with Crippen molar-refractivity contribution in [1.82, 2.24) is 10.3 Å². The summed E-state index contributed by atoms with van der Waals surface area (Å²) in [6.45, 7) is 6.02. The van der Waals surface area contributed by atoms with Crippen molar-refractivity contribution in [3.05, 3.63) is 15.6 Å². The summed E-state index contributed by atoms with van der Waals surface area (Å²) in [7, 11) is 0. The average Bonchev–Trinajstić information content (AvgIpc) is 3.26. The molecule has 1 aromatic rings. The molecule has 4 heteroatoms. The van der Waals surface area contributed by atoms with Crippen LogP contribution in [0.1, 0.15) is 73.6 Å². The Hall–Kier alpha value is -0.450. The minimum Gasteiger partial charge on any atom is -0.371 e. The van der Waals surface area contributed by atoms with Gasteiger partial charge in [-0.05, 0) is 45.4 Å². The fourth-order valence-corrected chi connectivity index (χ4v) is 4.45. The van der Waals surface area contributed by atoms with Gasteiger partial charge in [0.15, 0.2) is 0 Å². The Labute approximate surface area is 132 Å². The molecule has 0 spiro atoms. The lowest BCUT2D eigenvalue weighted by Crippen LogP contribution is -2.19. The number of thiazole rings is 1. The molecule has 0 amide bonds. The van der Waals surface area contributed by atoms with Gasteiger partial charge in [0.1, 0.15) is 11.1 Å². The quantitative estimate of drug-likeness (QED) is 0.812. The van der Waals surface area contributed by atoms with Crippen molar-refractivity contribution in [3.63, 3.8) is 0 Å². The van der Waals surface area contributed by atoms with E-state index in [0.29, 0.717) is 5.92 Å². The normalized spacial score (nSPS) is 21.6. The Morgan fingerprint density at radius 1 is 1.24 bits per heavy atom. The maximum absolute atomic E-state index is 6.10. The third-order valence-electron chi connectivity index (χ3n) is 4.71. The zero-order valence-corrected chi connectivity index (χ0v) is 14.2. The van der Waals surface area contributed by atoms with Gasteiger partial charge in [-0.1, -0.05) is 19.3 Å². The van der Waals surface area contributed by atoms with E-state index in [-0.39, 0.29) is 6.10 Å². The third-order valence-corrected chi connectivity index (χ3v) is 5.92. The Bertz CT molecular complexity index is 450. The van der Waals surface area contributed by atoms with E-state index in [1.807, 2.05) is 11.3 Å². The smallest absolute Gasteiger partial charge is 0.122 e. The topological polar surface area (TPSA) is 34.1 Å². The number of ether oxygens (including phenoxy) is 1. The van der Waals surface area contributed by atoms with Crippen molar-refractivity contribution in [2.24, 2.45) is 5.92 Å². The summed E-state index contributed by atoms with van der Waals surface area (Å²) in [5, 5.41) is 4.82. The van der Waals surface area contributed by atoms with Crippen LogP contribution in [0.3, 0.4) is 0 Å². The van der Waals surface area contributed by atoms with Crippen LogP contribution in [0.25, 0.3) is 0 Å². The van der Waals surface area contributed by atoms with Crippen molar-refractivity contribution in [2.75, 3.05) is 6.61 Å². The summed E-state index contributed by atoms with van der Waals surface area (Å²) in [4.78, 5) is 6.26. The largest absolute Gasteiger partial charge is 0.371 e. The minimum absolute atomic E-state index is 0.230. The summed E-state index contributed by atoms with van der Waals surface area (Å²) in [5.41, 5.74) is 1.20. The van der Waals surface area contributed by atoms with Crippen LogP contribution in [0.5, 0.6) is 0 Å². The van der Waals surface area contributed by atoms with Gasteiger partial charge >= 0.3 is 0 Å². The first-order chi connectivity index (χ1) is 10.3. The highest BCUT2D eigenvalue weighted by atomic mass is 32.1. The summed E-state index contributed by atoms with van der Waals surface area (Å²) < 4.78 is 6.10. The van der Waals surface area contributed by atoms with E-state index in [1.165, 1.54) is 60.5 Å². The van der Waals surface area contributed by atoms with Gasteiger partial charge in [-0.25, -0.2) is 4.98 Å². The predicted octanol–water partition coefficient (Wildman–Crippen LogP) is 4.36. The molecule has 2 saturated carbocycles. The lowest BCUT2D eigenvalue weighted by Gasteiger charge is -2.28. The van der Waals surface area contributed by atoms with Gasteiger partial charge in [0.05, 0.1) is 5.69 Å². The molecule has 0 aliphatic heterocycles. The van der Waals surface area contributed by atoms with Crippen LogP contribution in [0.4, 0.5) is 0 Å². The molecule has 21 heavy (non-hydrogen) atoms. The van der Waals surface area contributed by atoms with Crippen molar-refractivity contribution < 1.29 is 4.74 Å². The molecule has 118 valence electrons. The van der Waals surface area contributed by atoms with E-state index in [4.69, 9.17) is 9.72 Å². The highest BCUT2D eigenvalue weighted by Crippen LogP contribution is 2.39. The first kappa shape index (κ1) is 15.4. The second-order valence-corrected chi connectivity index (χ2v) is 7.61. The monoisotopic (exact) mass is 308 g/mol. The molecule has 0 aromatic carbocycles. The molecule has 2 aliphatic carbocycles. The number of aryl methyl sites for hydroxylation is 1. The molecule has 3 nitrogen and oxygen atoms in total. The van der Waals surface area contributed by atoms with Crippen LogP contribution < -0.4 is 5.32 Å². The van der Waals surface area contributed by atoms with Gasteiger partial charge in [0.25, 0.3) is 0 Å².